The third kappa shape index (κ3) is 3.58. The molecule has 144 valence electrons. The van der Waals surface area contributed by atoms with E-state index in [0.717, 1.165) is 5.56 Å². The largest absolute Gasteiger partial charge is 0.443 e. The van der Waals surface area contributed by atoms with Gasteiger partial charge in [-0.05, 0) is 36.8 Å². The van der Waals surface area contributed by atoms with Crippen molar-refractivity contribution in [3.8, 4) is 0 Å². The Balaban J connectivity index is 0.00000210. The van der Waals surface area contributed by atoms with Gasteiger partial charge in [0.05, 0.1) is 6.04 Å². The van der Waals surface area contributed by atoms with Crippen molar-refractivity contribution in [1.82, 2.24) is 14.6 Å². The zero-order valence-corrected chi connectivity index (χ0v) is 16.9. The Kier molecular flexibility index (Phi) is 5.79. The van der Waals surface area contributed by atoms with E-state index < -0.39 is 10.0 Å². The molecular weight excluding hydrogens is 409 g/mol. The van der Waals surface area contributed by atoms with Crippen LogP contribution in [0, 0.1) is 6.92 Å². The minimum Gasteiger partial charge on any atom is -0.443 e. The Bertz CT molecular complexity index is 1050. The molecule has 0 bridgehead atoms. The molecule has 1 aromatic carbocycles. The van der Waals surface area contributed by atoms with Crippen molar-refractivity contribution in [2.75, 3.05) is 19.6 Å². The highest BCUT2D eigenvalue weighted by atomic mass is 35.5. The predicted molar refractivity (Wildman–Crippen MR) is 107 cm³/mol. The van der Waals surface area contributed by atoms with Gasteiger partial charge in [0.2, 0.25) is 5.09 Å². The van der Waals surface area contributed by atoms with E-state index in [0.29, 0.717) is 41.2 Å². The second-order valence-corrected chi connectivity index (χ2v) is 8.50. The molecule has 1 fully saturated rings. The summed E-state index contributed by atoms with van der Waals surface area (Å²) in [6, 6.07) is 8.47. The van der Waals surface area contributed by atoms with Crippen LogP contribution in [0.4, 0.5) is 0 Å². The number of furan rings is 1. The van der Waals surface area contributed by atoms with Crippen LogP contribution in [-0.2, 0) is 10.0 Å². The van der Waals surface area contributed by atoms with E-state index in [1.54, 1.807) is 37.5 Å². The van der Waals surface area contributed by atoms with Gasteiger partial charge in [0, 0.05) is 48.0 Å². The molecule has 6 nitrogen and oxygen atoms in total. The fourth-order valence-corrected chi connectivity index (χ4v) is 5.29. The standard InChI is InChI=1S/C18H18ClN3O3S.ClH/c1-12-15-9-14(19)4-5-17(15)25-18(12)26(23,24)22-8-7-21-11-16(22)13-3-2-6-20-10-13;/h2-6,9-10,16,21H,7-8,11H2,1H3;1H. The van der Waals surface area contributed by atoms with Crippen molar-refractivity contribution >= 4 is 45.0 Å². The molecule has 2 aromatic heterocycles. The van der Waals surface area contributed by atoms with Crippen LogP contribution in [0.15, 0.2) is 52.2 Å². The van der Waals surface area contributed by atoms with E-state index in [1.807, 2.05) is 12.1 Å². The number of rotatable bonds is 3. The summed E-state index contributed by atoms with van der Waals surface area (Å²) < 4.78 is 34.0. The molecule has 1 aliphatic rings. The molecule has 1 unspecified atom stereocenters. The van der Waals surface area contributed by atoms with E-state index in [2.05, 4.69) is 10.3 Å². The SMILES string of the molecule is Cc1c(S(=O)(=O)N2CCNCC2c2cccnc2)oc2ccc(Cl)cc12.Cl. The van der Waals surface area contributed by atoms with Crippen LogP contribution in [0.25, 0.3) is 11.0 Å². The lowest BCUT2D eigenvalue weighted by Crippen LogP contribution is -2.48. The summed E-state index contributed by atoms with van der Waals surface area (Å²) in [7, 11) is -3.81. The molecular formula is C18H19Cl2N3O3S. The first-order valence-corrected chi connectivity index (χ1v) is 10.1. The lowest BCUT2D eigenvalue weighted by molar-refractivity contribution is 0.265. The fourth-order valence-electron chi connectivity index (χ4n) is 3.35. The average Bonchev–Trinajstić information content (AvgIpc) is 2.99. The number of hydrogen-bond donors (Lipinski definition) is 1. The van der Waals surface area contributed by atoms with E-state index in [4.69, 9.17) is 16.0 Å². The highest BCUT2D eigenvalue weighted by Gasteiger charge is 2.38. The maximum Gasteiger partial charge on any atom is 0.277 e. The van der Waals surface area contributed by atoms with Gasteiger partial charge in [-0.1, -0.05) is 17.7 Å². The monoisotopic (exact) mass is 427 g/mol. The summed E-state index contributed by atoms with van der Waals surface area (Å²) in [5, 5.41) is 4.49. The Morgan fingerprint density at radius 2 is 2.15 bits per heavy atom. The van der Waals surface area contributed by atoms with Gasteiger partial charge in [0.1, 0.15) is 5.58 Å². The summed E-state index contributed by atoms with van der Waals surface area (Å²) in [5.41, 5.74) is 1.93. The normalized spacial score (nSPS) is 18.4. The van der Waals surface area contributed by atoms with Crippen LogP contribution in [0.1, 0.15) is 17.2 Å². The van der Waals surface area contributed by atoms with Crippen molar-refractivity contribution in [3.63, 3.8) is 0 Å². The van der Waals surface area contributed by atoms with Crippen LogP contribution in [-0.4, -0.2) is 37.3 Å². The molecule has 0 aliphatic carbocycles. The summed E-state index contributed by atoms with van der Waals surface area (Å²) in [6.07, 6.45) is 3.37. The van der Waals surface area contributed by atoms with Gasteiger partial charge >= 0.3 is 0 Å². The minimum atomic E-state index is -3.81. The third-order valence-electron chi connectivity index (χ3n) is 4.66. The molecule has 0 radical (unpaired) electrons. The topological polar surface area (TPSA) is 75.4 Å². The molecule has 0 saturated carbocycles. The number of hydrogen-bond acceptors (Lipinski definition) is 5. The van der Waals surface area contributed by atoms with Crippen LogP contribution in [0.3, 0.4) is 0 Å². The van der Waals surface area contributed by atoms with E-state index in [-0.39, 0.29) is 23.5 Å². The number of nitrogens with one attached hydrogen (secondary N) is 1. The van der Waals surface area contributed by atoms with Gasteiger partial charge in [-0.15, -0.1) is 12.4 Å². The molecule has 1 saturated heterocycles. The van der Waals surface area contributed by atoms with Crippen LogP contribution in [0.2, 0.25) is 5.02 Å². The van der Waals surface area contributed by atoms with E-state index in [1.165, 1.54) is 4.31 Å². The maximum atomic E-state index is 13.4. The summed E-state index contributed by atoms with van der Waals surface area (Å²) in [5.74, 6) is 0. The van der Waals surface area contributed by atoms with E-state index in [9.17, 15) is 8.42 Å². The number of benzene rings is 1. The number of aryl methyl sites for hydroxylation is 1. The van der Waals surface area contributed by atoms with Gasteiger partial charge in [-0.3, -0.25) is 4.98 Å². The molecule has 1 N–H and O–H groups in total. The molecule has 9 heteroatoms. The van der Waals surface area contributed by atoms with Crippen molar-refractivity contribution in [3.05, 3.63) is 58.9 Å². The molecule has 0 amide bonds. The quantitative estimate of drug-likeness (QED) is 0.691. The number of fused-ring (bicyclic) bond motifs is 1. The van der Waals surface area contributed by atoms with Crippen LogP contribution >= 0.6 is 24.0 Å². The van der Waals surface area contributed by atoms with E-state index >= 15 is 0 Å². The predicted octanol–water partition coefficient (Wildman–Crippen LogP) is 3.55. The van der Waals surface area contributed by atoms with Crippen molar-refractivity contribution in [2.24, 2.45) is 0 Å². The first-order valence-electron chi connectivity index (χ1n) is 8.29. The van der Waals surface area contributed by atoms with Gasteiger partial charge in [-0.25, -0.2) is 8.42 Å². The number of halogens is 2. The lowest BCUT2D eigenvalue weighted by Gasteiger charge is -2.34. The molecule has 4 rings (SSSR count). The summed E-state index contributed by atoms with van der Waals surface area (Å²) in [6.45, 7) is 3.21. The zero-order valence-electron chi connectivity index (χ0n) is 14.6. The van der Waals surface area contributed by atoms with Gasteiger partial charge in [-0.2, -0.15) is 4.31 Å². The van der Waals surface area contributed by atoms with Crippen LogP contribution < -0.4 is 5.32 Å². The Hall–Kier alpha value is -1.64. The molecule has 3 heterocycles. The molecule has 1 atom stereocenters. The highest BCUT2D eigenvalue weighted by molar-refractivity contribution is 7.89. The molecule has 0 spiro atoms. The van der Waals surface area contributed by atoms with Crippen molar-refractivity contribution < 1.29 is 12.8 Å². The molecule has 1 aliphatic heterocycles. The maximum absolute atomic E-state index is 13.4. The van der Waals surface area contributed by atoms with Gasteiger partial charge < -0.3 is 9.73 Å². The zero-order chi connectivity index (χ0) is 18.3. The van der Waals surface area contributed by atoms with Gasteiger partial charge in [0.15, 0.2) is 0 Å². The summed E-state index contributed by atoms with van der Waals surface area (Å²) >= 11 is 6.05. The Morgan fingerprint density at radius 3 is 2.89 bits per heavy atom. The number of sulfonamides is 1. The fraction of sp³-hybridized carbons (Fsp3) is 0.278. The minimum absolute atomic E-state index is 0. The highest BCUT2D eigenvalue weighted by Crippen LogP contribution is 2.35. The Morgan fingerprint density at radius 1 is 1.33 bits per heavy atom. The smallest absolute Gasteiger partial charge is 0.277 e. The Labute approximate surface area is 169 Å². The third-order valence-corrected chi connectivity index (χ3v) is 6.81. The van der Waals surface area contributed by atoms with Crippen LogP contribution in [0.5, 0.6) is 0 Å². The number of nitrogens with zero attached hydrogens (tertiary/aromatic N) is 2. The second kappa shape index (κ2) is 7.77. The average molecular weight is 428 g/mol. The first-order chi connectivity index (χ1) is 12.5. The number of aromatic nitrogens is 1. The molecule has 3 aromatic rings. The summed E-state index contributed by atoms with van der Waals surface area (Å²) in [4.78, 5) is 4.12. The number of piperazine rings is 1. The number of pyridine rings is 1. The second-order valence-electron chi connectivity index (χ2n) is 6.28. The first kappa shape index (κ1) is 20.1. The van der Waals surface area contributed by atoms with Gasteiger partial charge in [0.25, 0.3) is 10.0 Å². The molecule has 27 heavy (non-hydrogen) atoms. The van der Waals surface area contributed by atoms with Crippen molar-refractivity contribution in [1.29, 1.82) is 0 Å². The van der Waals surface area contributed by atoms with Crippen molar-refractivity contribution in [2.45, 2.75) is 18.1 Å². The lowest BCUT2D eigenvalue weighted by atomic mass is 10.1.